The third-order valence-corrected chi connectivity index (χ3v) is 6.54. The first-order chi connectivity index (χ1) is 11.5. The van der Waals surface area contributed by atoms with Crippen LogP contribution in [-0.2, 0) is 19.6 Å². The molecule has 2 bridgehead atoms. The summed E-state index contributed by atoms with van der Waals surface area (Å²) in [4.78, 5) is 12.5. The number of fused-ring (bicyclic) bond motifs is 2. The molecule has 6 nitrogen and oxygen atoms in total. The summed E-state index contributed by atoms with van der Waals surface area (Å²) in [6.45, 7) is 2.61. The Balaban J connectivity index is 1.65. The van der Waals surface area contributed by atoms with Crippen molar-refractivity contribution in [3.8, 4) is 0 Å². The largest absolute Gasteiger partial charge is 0.371 e. The lowest BCUT2D eigenvalue weighted by Gasteiger charge is -2.32. The fourth-order valence-electron chi connectivity index (χ4n) is 3.34. The van der Waals surface area contributed by atoms with Crippen LogP contribution >= 0.6 is 0 Å². The molecular weight excluding hydrogens is 328 g/mol. The number of anilines is 1. The molecular formula is C17H24N2O4S. The molecule has 0 aliphatic carbocycles. The first-order valence-corrected chi connectivity index (χ1v) is 10.1. The maximum atomic E-state index is 12.5. The summed E-state index contributed by atoms with van der Waals surface area (Å²) >= 11 is 0. The second kappa shape index (κ2) is 7.21. The fraction of sp³-hybridized carbons (Fsp3) is 0.588. The van der Waals surface area contributed by atoms with E-state index in [-0.39, 0.29) is 36.3 Å². The van der Waals surface area contributed by atoms with Gasteiger partial charge in [0.05, 0.1) is 23.9 Å². The van der Waals surface area contributed by atoms with E-state index >= 15 is 0 Å². The molecule has 2 fully saturated rings. The van der Waals surface area contributed by atoms with Gasteiger partial charge in [0.2, 0.25) is 15.9 Å². The third-order valence-electron chi connectivity index (χ3n) is 4.65. The maximum Gasteiger partial charge on any atom is 0.230 e. The molecule has 3 rings (SSSR count). The topological polar surface area (TPSA) is 75.7 Å². The van der Waals surface area contributed by atoms with Gasteiger partial charge in [0, 0.05) is 18.8 Å². The highest BCUT2D eigenvalue weighted by atomic mass is 32.2. The average Bonchev–Trinajstić information content (AvgIpc) is 2.88. The van der Waals surface area contributed by atoms with Gasteiger partial charge >= 0.3 is 0 Å². The lowest BCUT2D eigenvalue weighted by molar-refractivity contribution is -0.122. The standard InChI is InChI=1S/C17H24N2O4S/c1-2-3-9-24(21,22)19-11-14-10-15(16(12-19)23-14)17(20)18-13-7-5-4-6-8-13/h4-8,14-16H,2-3,9-12H2,1H3,(H,18,20)/t14-,15+,16-/m0/s1. The Bertz CT molecular complexity index is 677. The van der Waals surface area contributed by atoms with Crippen molar-refractivity contribution < 1.29 is 17.9 Å². The van der Waals surface area contributed by atoms with Crippen molar-refractivity contribution >= 4 is 21.6 Å². The molecule has 3 atom stereocenters. The number of hydrogen-bond donors (Lipinski definition) is 1. The molecule has 0 radical (unpaired) electrons. The van der Waals surface area contributed by atoms with E-state index in [1.54, 1.807) is 0 Å². The minimum atomic E-state index is -3.26. The Hall–Kier alpha value is -1.44. The highest BCUT2D eigenvalue weighted by molar-refractivity contribution is 7.89. The van der Waals surface area contributed by atoms with E-state index in [0.717, 1.165) is 12.1 Å². The number of carbonyl (C=O) groups is 1. The van der Waals surface area contributed by atoms with Gasteiger partial charge in [0.1, 0.15) is 0 Å². The minimum absolute atomic E-state index is 0.0958. The lowest BCUT2D eigenvalue weighted by Crippen LogP contribution is -2.48. The van der Waals surface area contributed by atoms with Gasteiger partial charge in [-0.3, -0.25) is 4.79 Å². The van der Waals surface area contributed by atoms with Crippen molar-refractivity contribution in [1.82, 2.24) is 4.31 Å². The molecule has 1 aromatic carbocycles. The van der Waals surface area contributed by atoms with Gasteiger partial charge in [-0.05, 0) is 25.0 Å². The third kappa shape index (κ3) is 3.79. The first kappa shape index (κ1) is 17.4. The number of sulfonamides is 1. The first-order valence-electron chi connectivity index (χ1n) is 8.49. The number of hydrogen-bond acceptors (Lipinski definition) is 4. The molecule has 2 aliphatic rings. The van der Waals surface area contributed by atoms with Crippen LogP contribution in [-0.4, -0.2) is 49.7 Å². The molecule has 24 heavy (non-hydrogen) atoms. The quantitative estimate of drug-likeness (QED) is 0.848. The zero-order valence-electron chi connectivity index (χ0n) is 13.8. The lowest BCUT2D eigenvalue weighted by atomic mass is 9.99. The van der Waals surface area contributed by atoms with Crippen molar-refractivity contribution in [3.05, 3.63) is 30.3 Å². The molecule has 1 aromatic rings. The normalized spacial score (nSPS) is 27.1. The summed E-state index contributed by atoms with van der Waals surface area (Å²) in [5, 5.41) is 2.90. The van der Waals surface area contributed by atoms with Gasteiger partial charge in [0.15, 0.2) is 0 Å². The average molecular weight is 352 g/mol. The van der Waals surface area contributed by atoms with Gasteiger partial charge in [-0.1, -0.05) is 31.5 Å². The molecule has 1 amide bonds. The van der Waals surface area contributed by atoms with E-state index in [0.29, 0.717) is 19.4 Å². The van der Waals surface area contributed by atoms with E-state index in [1.165, 1.54) is 4.31 Å². The zero-order chi connectivity index (χ0) is 17.2. The van der Waals surface area contributed by atoms with Crippen molar-refractivity contribution in [3.63, 3.8) is 0 Å². The predicted molar refractivity (Wildman–Crippen MR) is 92.1 cm³/mol. The summed E-state index contributed by atoms with van der Waals surface area (Å²) < 4.78 is 32.1. The molecule has 1 N–H and O–H groups in total. The van der Waals surface area contributed by atoms with E-state index in [2.05, 4.69) is 5.32 Å². The summed E-state index contributed by atoms with van der Waals surface area (Å²) in [7, 11) is -3.26. The highest BCUT2D eigenvalue weighted by Crippen LogP contribution is 2.34. The number of nitrogens with zero attached hydrogens (tertiary/aromatic N) is 1. The number of benzene rings is 1. The van der Waals surface area contributed by atoms with Crippen LogP contribution in [0.25, 0.3) is 0 Å². The van der Waals surface area contributed by atoms with Crippen molar-refractivity contribution in [2.24, 2.45) is 5.92 Å². The second-order valence-electron chi connectivity index (χ2n) is 6.48. The molecule has 0 aromatic heterocycles. The molecule has 132 valence electrons. The summed E-state index contributed by atoms with van der Waals surface area (Å²) in [5.74, 6) is -0.229. The number of ether oxygens (including phenoxy) is 1. The zero-order valence-corrected chi connectivity index (χ0v) is 14.7. The Kier molecular flexibility index (Phi) is 5.22. The summed E-state index contributed by atoms with van der Waals surface area (Å²) in [6, 6.07) is 9.28. The number of unbranched alkanes of at least 4 members (excludes halogenated alkanes) is 1. The highest BCUT2D eigenvalue weighted by Gasteiger charge is 2.47. The van der Waals surface area contributed by atoms with Crippen LogP contribution < -0.4 is 5.32 Å². The number of rotatable bonds is 6. The maximum absolute atomic E-state index is 12.5. The second-order valence-corrected chi connectivity index (χ2v) is 8.57. The predicted octanol–water partition coefficient (Wildman–Crippen LogP) is 1.84. The summed E-state index contributed by atoms with van der Waals surface area (Å²) in [6.07, 6.45) is 1.53. The number of amides is 1. The molecule has 2 saturated heterocycles. The Morgan fingerprint density at radius 1 is 1.29 bits per heavy atom. The number of para-hydroxylation sites is 1. The van der Waals surface area contributed by atoms with E-state index in [9.17, 15) is 13.2 Å². The van der Waals surface area contributed by atoms with Gasteiger partial charge in [-0.25, -0.2) is 8.42 Å². The van der Waals surface area contributed by atoms with Crippen molar-refractivity contribution in [2.45, 2.75) is 38.4 Å². The van der Waals surface area contributed by atoms with Crippen LogP contribution in [0.3, 0.4) is 0 Å². The SMILES string of the molecule is CCCCS(=O)(=O)N1C[C@@H]2C[C@@H](C(=O)Nc3ccccc3)[C@H](C1)O2. The molecule has 2 heterocycles. The minimum Gasteiger partial charge on any atom is -0.371 e. The van der Waals surface area contributed by atoms with Crippen LogP contribution in [0.15, 0.2) is 30.3 Å². The number of nitrogens with one attached hydrogen (secondary N) is 1. The van der Waals surface area contributed by atoms with Gasteiger partial charge in [-0.2, -0.15) is 4.31 Å². The monoisotopic (exact) mass is 352 g/mol. The van der Waals surface area contributed by atoms with Crippen molar-refractivity contribution in [2.75, 3.05) is 24.2 Å². The number of carbonyl (C=O) groups excluding carboxylic acids is 1. The fourth-order valence-corrected chi connectivity index (χ4v) is 5.02. The summed E-state index contributed by atoms with van der Waals surface area (Å²) in [5.41, 5.74) is 0.747. The van der Waals surface area contributed by atoms with E-state index in [4.69, 9.17) is 4.74 Å². The van der Waals surface area contributed by atoms with Crippen LogP contribution in [0.5, 0.6) is 0 Å². The molecule has 0 saturated carbocycles. The Morgan fingerprint density at radius 3 is 2.75 bits per heavy atom. The Morgan fingerprint density at radius 2 is 2.04 bits per heavy atom. The van der Waals surface area contributed by atoms with Crippen LogP contribution in [0.1, 0.15) is 26.2 Å². The van der Waals surface area contributed by atoms with Gasteiger partial charge < -0.3 is 10.1 Å². The smallest absolute Gasteiger partial charge is 0.230 e. The van der Waals surface area contributed by atoms with Gasteiger partial charge in [-0.15, -0.1) is 0 Å². The Labute approximate surface area is 143 Å². The molecule has 7 heteroatoms. The van der Waals surface area contributed by atoms with Crippen LogP contribution in [0.2, 0.25) is 0 Å². The number of morpholine rings is 1. The molecule has 0 unspecified atom stereocenters. The molecule has 2 aliphatic heterocycles. The van der Waals surface area contributed by atoms with E-state index < -0.39 is 10.0 Å². The van der Waals surface area contributed by atoms with E-state index in [1.807, 2.05) is 37.3 Å². The van der Waals surface area contributed by atoms with Crippen molar-refractivity contribution in [1.29, 1.82) is 0 Å². The van der Waals surface area contributed by atoms with Gasteiger partial charge in [0.25, 0.3) is 0 Å². The molecule has 0 spiro atoms. The van der Waals surface area contributed by atoms with Crippen LogP contribution in [0.4, 0.5) is 5.69 Å². The van der Waals surface area contributed by atoms with Crippen LogP contribution in [0, 0.1) is 5.92 Å².